The number of hydrogen-bond acceptors (Lipinski definition) is 8. The number of ether oxygens (including phenoxy) is 1. The van der Waals surface area contributed by atoms with Gasteiger partial charge in [-0.1, -0.05) is 12.1 Å². The Balaban J connectivity index is 1.15. The number of anilines is 1. The molecular weight excluding hydrogens is 494 g/mol. The van der Waals surface area contributed by atoms with Gasteiger partial charge >= 0.3 is 0 Å². The van der Waals surface area contributed by atoms with Gasteiger partial charge < -0.3 is 30.6 Å². The van der Waals surface area contributed by atoms with Gasteiger partial charge in [0.15, 0.2) is 0 Å². The van der Waals surface area contributed by atoms with Gasteiger partial charge in [-0.25, -0.2) is 0 Å². The molecule has 2 amide bonds. The molecule has 0 spiro atoms. The first kappa shape index (κ1) is 27.0. The van der Waals surface area contributed by atoms with Gasteiger partial charge in [-0.3, -0.25) is 14.6 Å². The van der Waals surface area contributed by atoms with Crippen LogP contribution in [0.5, 0.6) is 5.75 Å². The molecule has 3 atom stereocenters. The van der Waals surface area contributed by atoms with Crippen molar-refractivity contribution in [3.8, 4) is 5.75 Å². The van der Waals surface area contributed by atoms with Crippen molar-refractivity contribution in [1.29, 1.82) is 0 Å². The summed E-state index contributed by atoms with van der Waals surface area (Å²) in [6.07, 6.45) is 6.15. The summed E-state index contributed by atoms with van der Waals surface area (Å²) < 4.78 is 5.26. The Morgan fingerprint density at radius 1 is 1.05 bits per heavy atom. The minimum atomic E-state index is -0.550. The molecule has 2 heterocycles. The van der Waals surface area contributed by atoms with Crippen LogP contribution in [0.15, 0.2) is 60.9 Å². The molecule has 10 nitrogen and oxygen atoms in total. The monoisotopic (exact) mass is 533 g/mol. The van der Waals surface area contributed by atoms with E-state index >= 15 is 0 Å². The van der Waals surface area contributed by atoms with Crippen LogP contribution in [0.4, 0.5) is 5.69 Å². The SMILES string of the molecule is COc1ccc([C@@H]2C[C@H]2NCCC[C@H](NC(=O)c2ccc(N3C=CNN3)cc2)C(=O)N2CCN(C)CC2)cc1. The van der Waals surface area contributed by atoms with Crippen molar-refractivity contribution in [2.75, 3.05) is 51.9 Å². The first-order chi connectivity index (χ1) is 19.0. The highest BCUT2D eigenvalue weighted by atomic mass is 16.5. The van der Waals surface area contributed by atoms with Gasteiger partial charge in [0, 0.05) is 56.1 Å². The van der Waals surface area contributed by atoms with Crippen LogP contribution >= 0.6 is 0 Å². The highest BCUT2D eigenvalue weighted by Gasteiger charge is 2.37. The van der Waals surface area contributed by atoms with E-state index in [1.54, 1.807) is 25.4 Å². The zero-order valence-corrected chi connectivity index (χ0v) is 22.7. The standard InChI is InChI=1S/C29H39N7O3/c1-34-16-18-35(19-17-34)29(38)26(32-28(37)22-5-9-23(10-6-22)36-15-14-31-33-36)4-3-13-30-27-20-25(27)21-7-11-24(39-2)12-8-21/h5-12,14-15,25-27,30-31,33H,3-4,13,16-20H2,1-2H3,(H,32,37)/t25-,26-,27+/m0/s1. The molecule has 0 aromatic heterocycles. The van der Waals surface area contributed by atoms with Crippen LogP contribution in [0.2, 0.25) is 0 Å². The number of carbonyl (C=O) groups excluding carboxylic acids is 2. The summed E-state index contributed by atoms with van der Waals surface area (Å²) >= 11 is 0. The van der Waals surface area contributed by atoms with Gasteiger partial charge in [0.2, 0.25) is 5.91 Å². The molecule has 3 aliphatic rings. The number of hydrogen-bond donors (Lipinski definition) is 4. The summed E-state index contributed by atoms with van der Waals surface area (Å²) in [7, 11) is 3.75. The molecule has 10 heteroatoms. The van der Waals surface area contributed by atoms with E-state index in [1.165, 1.54) is 5.56 Å². The molecule has 208 valence electrons. The topological polar surface area (TPSA) is 101 Å². The largest absolute Gasteiger partial charge is 0.497 e. The fraction of sp³-hybridized carbons (Fsp3) is 0.448. The Hall–Kier alpha value is -3.60. The smallest absolute Gasteiger partial charge is 0.251 e. The van der Waals surface area contributed by atoms with Crippen LogP contribution < -0.4 is 31.3 Å². The molecule has 0 radical (unpaired) electrons. The predicted octanol–water partition coefficient (Wildman–Crippen LogP) is 1.79. The lowest BCUT2D eigenvalue weighted by Crippen LogP contribution is -2.54. The summed E-state index contributed by atoms with van der Waals surface area (Å²) in [5, 5.41) is 8.49. The zero-order valence-electron chi connectivity index (χ0n) is 22.7. The molecule has 0 bridgehead atoms. The number of carbonyl (C=O) groups is 2. The molecule has 5 rings (SSSR count). The summed E-state index contributed by atoms with van der Waals surface area (Å²) in [6.45, 7) is 3.86. The van der Waals surface area contributed by atoms with E-state index in [1.807, 2.05) is 40.4 Å². The maximum absolute atomic E-state index is 13.5. The summed E-state index contributed by atoms with van der Waals surface area (Å²) in [6, 6.07) is 15.5. The molecule has 1 aliphatic carbocycles. The third kappa shape index (κ3) is 6.89. The van der Waals surface area contributed by atoms with Gasteiger partial charge in [0.25, 0.3) is 5.91 Å². The van der Waals surface area contributed by atoms with E-state index in [0.717, 1.165) is 43.9 Å². The van der Waals surface area contributed by atoms with Crippen LogP contribution in [0.25, 0.3) is 0 Å². The van der Waals surface area contributed by atoms with Crippen LogP contribution in [-0.2, 0) is 4.79 Å². The lowest BCUT2D eigenvalue weighted by molar-refractivity contribution is -0.135. The van der Waals surface area contributed by atoms with E-state index < -0.39 is 6.04 Å². The van der Waals surface area contributed by atoms with Gasteiger partial charge in [-0.15, -0.1) is 5.53 Å². The summed E-state index contributed by atoms with van der Waals surface area (Å²) in [5.41, 5.74) is 8.62. The fourth-order valence-corrected chi connectivity index (χ4v) is 5.16. The number of amides is 2. The normalized spacial score (nSPS) is 21.4. The average Bonchev–Trinajstić information content (AvgIpc) is 3.53. The Morgan fingerprint density at radius 2 is 1.79 bits per heavy atom. The molecule has 4 N–H and O–H groups in total. The van der Waals surface area contributed by atoms with Crippen molar-refractivity contribution in [3.63, 3.8) is 0 Å². The number of benzene rings is 2. The molecule has 2 aliphatic heterocycles. The van der Waals surface area contributed by atoms with Gasteiger partial charge in [0.1, 0.15) is 11.8 Å². The molecule has 2 fully saturated rings. The van der Waals surface area contributed by atoms with Crippen molar-refractivity contribution < 1.29 is 14.3 Å². The molecule has 2 aromatic carbocycles. The van der Waals surface area contributed by atoms with Crippen LogP contribution in [0.3, 0.4) is 0 Å². The second-order valence-electron chi connectivity index (χ2n) is 10.5. The minimum absolute atomic E-state index is 0.00748. The second kappa shape index (κ2) is 12.5. The number of piperazine rings is 1. The third-order valence-corrected chi connectivity index (χ3v) is 7.73. The van der Waals surface area contributed by atoms with Crippen LogP contribution in [0.1, 0.15) is 41.1 Å². The lowest BCUT2D eigenvalue weighted by atomic mass is 10.1. The molecule has 1 saturated heterocycles. The first-order valence-corrected chi connectivity index (χ1v) is 13.7. The Labute approximate surface area is 230 Å². The number of likely N-dealkylation sites (N-methyl/N-ethyl adjacent to an activating group) is 1. The van der Waals surface area contributed by atoms with Gasteiger partial charge in [0.05, 0.1) is 12.8 Å². The molecule has 2 aromatic rings. The van der Waals surface area contributed by atoms with Crippen molar-refractivity contribution in [1.82, 2.24) is 31.4 Å². The highest BCUT2D eigenvalue weighted by Crippen LogP contribution is 2.41. The Kier molecular flexibility index (Phi) is 8.65. The van der Waals surface area contributed by atoms with Crippen molar-refractivity contribution >= 4 is 17.5 Å². The van der Waals surface area contributed by atoms with E-state index in [-0.39, 0.29) is 11.8 Å². The third-order valence-electron chi connectivity index (χ3n) is 7.73. The lowest BCUT2D eigenvalue weighted by Gasteiger charge is -2.34. The van der Waals surface area contributed by atoms with E-state index in [9.17, 15) is 9.59 Å². The maximum atomic E-state index is 13.5. The number of hydrazine groups is 2. The Bertz CT molecular complexity index is 1150. The van der Waals surface area contributed by atoms with E-state index in [2.05, 4.69) is 45.7 Å². The number of methoxy groups -OCH3 is 1. The molecule has 39 heavy (non-hydrogen) atoms. The van der Waals surface area contributed by atoms with Crippen molar-refractivity contribution in [2.24, 2.45) is 0 Å². The Morgan fingerprint density at radius 3 is 2.46 bits per heavy atom. The molecule has 0 unspecified atom stereocenters. The zero-order chi connectivity index (χ0) is 27.2. The van der Waals surface area contributed by atoms with Crippen molar-refractivity contribution in [2.45, 2.75) is 37.3 Å². The molecular formula is C29H39N7O3. The summed E-state index contributed by atoms with van der Waals surface area (Å²) in [4.78, 5) is 30.7. The predicted molar refractivity (Wildman–Crippen MR) is 151 cm³/mol. The second-order valence-corrected chi connectivity index (χ2v) is 10.5. The summed E-state index contributed by atoms with van der Waals surface area (Å²) in [5.74, 6) is 1.17. The fourth-order valence-electron chi connectivity index (χ4n) is 5.16. The van der Waals surface area contributed by atoms with Gasteiger partial charge in [-0.05, 0) is 74.8 Å². The minimum Gasteiger partial charge on any atom is -0.497 e. The van der Waals surface area contributed by atoms with Crippen LogP contribution in [0, 0.1) is 0 Å². The number of rotatable bonds is 11. The van der Waals surface area contributed by atoms with Crippen molar-refractivity contribution in [3.05, 3.63) is 72.1 Å². The number of nitrogens with zero attached hydrogens (tertiary/aromatic N) is 3. The maximum Gasteiger partial charge on any atom is 0.251 e. The van der Waals surface area contributed by atoms with E-state index in [4.69, 9.17) is 4.74 Å². The van der Waals surface area contributed by atoms with Gasteiger partial charge in [-0.2, -0.15) is 0 Å². The first-order valence-electron chi connectivity index (χ1n) is 13.7. The highest BCUT2D eigenvalue weighted by molar-refractivity contribution is 5.97. The quantitative estimate of drug-likeness (QED) is 0.325. The molecule has 1 saturated carbocycles. The van der Waals surface area contributed by atoms with Crippen LogP contribution in [-0.4, -0.2) is 80.6 Å². The average molecular weight is 534 g/mol. The number of nitrogens with one attached hydrogen (secondary N) is 4. The van der Waals surface area contributed by atoms with E-state index in [0.29, 0.717) is 37.0 Å².